The first kappa shape index (κ1) is 29.3. The van der Waals surface area contributed by atoms with Crippen molar-refractivity contribution in [2.75, 3.05) is 9.80 Å². The van der Waals surface area contributed by atoms with Gasteiger partial charge in [-0.1, -0.05) is 38.1 Å². The van der Waals surface area contributed by atoms with Crippen molar-refractivity contribution in [2.24, 2.45) is 0 Å². The molecule has 4 amide bonds. The van der Waals surface area contributed by atoms with Gasteiger partial charge in [0.05, 0.1) is 11.4 Å². The zero-order chi connectivity index (χ0) is 31.9. The Balaban J connectivity index is 1.11. The summed E-state index contributed by atoms with van der Waals surface area (Å²) in [5.41, 5.74) is 4.47. The molecule has 0 aromatic heterocycles. The van der Waals surface area contributed by atoms with Gasteiger partial charge in [-0.25, -0.2) is 9.80 Å². The van der Waals surface area contributed by atoms with Gasteiger partial charge in [-0.2, -0.15) is 0 Å². The molecule has 4 aromatic carbocycles. The number of aryl methyl sites for hydroxylation is 2. The Morgan fingerprint density at radius 1 is 0.467 bits per heavy atom. The van der Waals surface area contributed by atoms with Gasteiger partial charge in [0.15, 0.2) is 0 Å². The second-order valence-electron chi connectivity index (χ2n) is 11.5. The summed E-state index contributed by atoms with van der Waals surface area (Å²) in [6.45, 7) is 7.96. The van der Waals surface area contributed by atoms with Crippen LogP contribution >= 0.6 is 0 Å². The topological polar surface area (TPSA) is 93.2 Å². The fraction of sp³-hybridized carbons (Fsp3) is 0.135. The van der Waals surface area contributed by atoms with Gasteiger partial charge < -0.3 is 9.47 Å². The summed E-state index contributed by atoms with van der Waals surface area (Å²) in [4.78, 5) is 50.5. The van der Waals surface area contributed by atoms with E-state index in [-0.39, 0.29) is 29.0 Å². The van der Waals surface area contributed by atoms with Crippen LogP contribution in [0.5, 0.6) is 23.0 Å². The monoisotopic (exact) mass is 598 g/mol. The first-order chi connectivity index (χ1) is 21.5. The van der Waals surface area contributed by atoms with Gasteiger partial charge in [0, 0.05) is 29.7 Å². The van der Waals surface area contributed by atoms with E-state index >= 15 is 0 Å². The molecular weight excluding hydrogens is 568 g/mol. The molecule has 8 nitrogen and oxygen atoms in total. The molecule has 45 heavy (non-hydrogen) atoms. The van der Waals surface area contributed by atoms with Crippen molar-refractivity contribution in [3.8, 4) is 23.0 Å². The van der Waals surface area contributed by atoms with Crippen LogP contribution in [-0.2, 0) is 24.6 Å². The number of nitrogens with zero attached hydrogens (tertiary/aromatic N) is 2. The van der Waals surface area contributed by atoms with E-state index in [1.807, 2.05) is 62.4 Å². The predicted octanol–water partition coefficient (Wildman–Crippen LogP) is 7.07. The fourth-order valence-corrected chi connectivity index (χ4v) is 5.48. The minimum absolute atomic E-state index is 0.306. The third-order valence-corrected chi connectivity index (χ3v) is 8.06. The molecule has 0 unspecified atom stereocenters. The molecule has 0 N–H and O–H groups in total. The standard InChI is InChI=1S/C37H30N2O6/c1-23-21-29(13-15-31(23)38-33(40)17-18-34(38)41)44-27-9-5-25(6-10-27)37(3,4)26-7-11-28(12-8-26)45-30-14-16-32(24(2)22-30)39-35(42)19-20-36(39)43/h5-22H,1-4H3. The van der Waals surface area contributed by atoms with Crippen molar-refractivity contribution in [2.45, 2.75) is 33.1 Å². The van der Waals surface area contributed by atoms with Crippen LogP contribution in [-0.4, -0.2) is 23.6 Å². The van der Waals surface area contributed by atoms with E-state index in [4.69, 9.17) is 9.47 Å². The Morgan fingerprint density at radius 2 is 0.778 bits per heavy atom. The molecule has 8 heteroatoms. The highest BCUT2D eigenvalue weighted by atomic mass is 16.5. The first-order valence-corrected chi connectivity index (χ1v) is 14.4. The number of amides is 4. The van der Waals surface area contributed by atoms with E-state index in [0.717, 1.165) is 32.1 Å². The summed E-state index contributed by atoms with van der Waals surface area (Å²) >= 11 is 0. The van der Waals surface area contributed by atoms with Gasteiger partial charge in [-0.15, -0.1) is 0 Å². The summed E-state index contributed by atoms with van der Waals surface area (Å²) in [6, 6.07) is 26.3. The molecule has 0 saturated heterocycles. The molecule has 0 saturated carbocycles. The molecule has 2 aliphatic rings. The minimum Gasteiger partial charge on any atom is -0.457 e. The maximum atomic E-state index is 12.1. The van der Waals surface area contributed by atoms with Crippen molar-refractivity contribution in [1.29, 1.82) is 0 Å². The quantitative estimate of drug-likeness (QED) is 0.201. The number of benzene rings is 4. The summed E-state index contributed by atoms with van der Waals surface area (Å²) < 4.78 is 12.1. The molecular formula is C37H30N2O6. The number of ether oxygens (including phenoxy) is 2. The third kappa shape index (κ3) is 5.65. The Kier molecular flexibility index (Phi) is 7.42. The molecule has 0 bridgehead atoms. The van der Waals surface area contributed by atoms with Crippen LogP contribution < -0.4 is 19.3 Å². The highest BCUT2D eigenvalue weighted by Gasteiger charge is 2.28. The highest BCUT2D eigenvalue weighted by Crippen LogP contribution is 2.36. The van der Waals surface area contributed by atoms with Crippen LogP contribution in [0, 0.1) is 13.8 Å². The molecule has 0 atom stereocenters. The van der Waals surface area contributed by atoms with Crippen LogP contribution in [0.15, 0.2) is 109 Å². The smallest absolute Gasteiger partial charge is 0.258 e. The molecule has 2 aliphatic heterocycles. The maximum Gasteiger partial charge on any atom is 0.258 e. The highest BCUT2D eigenvalue weighted by molar-refractivity contribution is 6.29. The molecule has 0 spiro atoms. The lowest BCUT2D eigenvalue weighted by molar-refractivity contribution is -0.121. The van der Waals surface area contributed by atoms with Crippen LogP contribution in [0.25, 0.3) is 0 Å². The Labute approximate surface area is 260 Å². The average molecular weight is 599 g/mol. The number of imide groups is 2. The van der Waals surface area contributed by atoms with E-state index in [0.29, 0.717) is 34.4 Å². The second-order valence-corrected chi connectivity index (χ2v) is 11.5. The van der Waals surface area contributed by atoms with Crippen LogP contribution in [0.3, 0.4) is 0 Å². The van der Waals surface area contributed by atoms with Gasteiger partial charge in [0.1, 0.15) is 23.0 Å². The lowest BCUT2D eigenvalue weighted by Crippen LogP contribution is -2.30. The van der Waals surface area contributed by atoms with E-state index in [9.17, 15) is 19.2 Å². The Hall–Kier alpha value is -5.76. The van der Waals surface area contributed by atoms with E-state index in [1.54, 1.807) is 36.4 Å². The fourth-order valence-electron chi connectivity index (χ4n) is 5.48. The van der Waals surface area contributed by atoms with Gasteiger partial charge >= 0.3 is 0 Å². The Morgan fingerprint density at radius 3 is 1.09 bits per heavy atom. The Bertz CT molecular complexity index is 1740. The van der Waals surface area contributed by atoms with Crippen LogP contribution in [0.4, 0.5) is 11.4 Å². The van der Waals surface area contributed by atoms with Gasteiger partial charge in [-0.3, -0.25) is 19.2 Å². The average Bonchev–Trinajstić information content (AvgIpc) is 3.53. The normalized spacial score (nSPS) is 14.6. The second kappa shape index (κ2) is 11.4. The number of rotatable bonds is 8. The number of hydrogen-bond acceptors (Lipinski definition) is 6. The molecule has 0 fully saturated rings. The summed E-state index contributed by atoms with van der Waals surface area (Å²) in [7, 11) is 0. The van der Waals surface area contributed by atoms with E-state index < -0.39 is 0 Å². The van der Waals surface area contributed by atoms with Gasteiger partial charge in [0.2, 0.25) is 0 Å². The lowest BCUT2D eigenvalue weighted by atomic mass is 9.78. The maximum absolute atomic E-state index is 12.1. The molecule has 4 aromatic rings. The van der Waals surface area contributed by atoms with Crippen molar-refractivity contribution in [3.05, 3.63) is 131 Å². The molecule has 224 valence electrons. The number of anilines is 2. The van der Waals surface area contributed by atoms with Crippen LogP contribution in [0.2, 0.25) is 0 Å². The van der Waals surface area contributed by atoms with Crippen molar-refractivity contribution < 1.29 is 28.7 Å². The van der Waals surface area contributed by atoms with Crippen molar-refractivity contribution in [1.82, 2.24) is 0 Å². The molecule has 0 aliphatic carbocycles. The minimum atomic E-state index is -0.354. The van der Waals surface area contributed by atoms with E-state index in [2.05, 4.69) is 13.8 Å². The molecule has 6 rings (SSSR count). The largest absolute Gasteiger partial charge is 0.457 e. The van der Waals surface area contributed by atoms with Crippen molar-refractivity contribution in [3.63, 3.8) is 0 Å². The summed E-state index contributed by atoms with van der Waals surface area (Å²) in [5, 5.41) is 0. The SMILES string of the molecule is Cc1cc(Oc2ccc(C(C)(C)c3ccc(Oc4ccc(N5C(=O)C=CC5=O)c(C)c4)cc3)cc2)ccc1N1C(=O)C=CC1=O. The summed E-state index contributed by atoms with van der Waals surface area (Å²) in [5.74, 6) is 1.11. The molecule has 0 radical (unpaired) electrons. The zero-order valence-corrected chi connectivity index (χ0v) is 25.2. The number of carbonyl (C=O) groups is 4. The van der Waals surface area contributed by atoms with Gasteiger partial charge in [-0.05, 0) is 96.8 Å². The first-order valence-electron chi connectivity index (χ1n) is 14.4. The third-order valence-electron chi connectivity index (χ3n) is 8.06. The van der Waals surface area contributed by atoms with Gasteiger partial charge in [0.25, 0.3) is 23.6 Å². The molecule has 2 heterocycles. The predicted molar refractivity (Wildman–Crippen MR) is 171 cm³/mol. The number of hydrogen-bond donors (Lipinski definition) is 0. The van der Waals surface area contributed by atoms with E-state index in [1.165, 1.54) is 24.3 Å². The lowest BCUT2D eigenvalue weighted by Gasteiger charge is -2.26. The summed E-state index contributed by atoms with van der Waals surface area (Å²) in [6.07, 6.45) is 5.07. The van der Waals surface area contributed by atoms with Crippen LogP contribution in [0.1, 0.15) is 36.1 Å². The number of carbonyl (C=O) groups excluding carboxylic acids is 4. The zero-order valence-electron chi connectivity index (χ0n) is 25.2. The van der Waals surface area contributed by atoms with Crippen molar-refractivity contribution >= 4 is 35.0 Å².